The van der Waals surface area contributed by atoms with E-state index < -0.39 is 19.3 Å². The van der Waals surface area contributed by atoms with Gasteiger partial charge in [0.2, 0.25) is 0 Å². The van der Waals surface area contributed by atoms with Gasteiger partial charge in [-0.1, -0.05) is 0 Å². The Morgan fingerprint density at radius 3 is 2.60 bits per heavy atom. The molecule has 1 amide bonds. The van der Waals surface area contributed by atoms with Crippen LogP contribution in [0.15, 0.2) is 0 Å². The molecule has 0 bridgehead atoms. The van der Waals surface area contributed by atoms with Crippen LogP contribution in [0.3, 0.4) is 0 Å². The summed E-state index contributed by atoms with van der Waals surface area (Å²) in [6.07, 6.45) is 0.275. The highest BCUT2D eigenvalue weighted by Crippen LogP contribution is 2.48. The summed E-state index contributed by atoms with van der Waals surface area (Å²) in [5.41, 5.74) is -0.528. The van der Waals surface area contributed by atoms with E-state index in [1.165, 1.54) is 7.11 Å². The van der Waals surface area contributed by atoms with Gasteiger partial charge in [-0.05, 0) is 27.2 Å². The van der Waals surface area contributed by atoms with Crippen molar-refractivity contribution in [3.8, 4) is 0 Å². The number of epoxide rings is 1. The number of hydrogen-bond acceptors (Lipinski definition) is 6. The predicted octanol–water partition coefficient (Wildman–Crippen LogP) is 2.16. The Morgan fingerprint density at radius 1 is 1.45 bits per heavy atom. The first-order valence-corrected chi connectivity index (χ1v) is 8.35. The molecular weight excluding hydrogens is 285 g/mol. The minimum absolute atomic E-state index is 0.0402. The molecular formula is C12H24NO6P. The summed E-state index contributed by atoms with van der Waals surface area (Å²) >= 11 is 0. The highest BCUT2D eigenvalue weighted by Gasteiger charge is 2.29. The Morgan fingerprint density at radius 2 is 2.10 bits per heavy atom. The Bertz CT molecular complexity index is 363. The summed E-state index contributed by atoms with van der Waals surface area (Å²) in [7, 11) is -1.73. The molecule has 1 N–H and O–H groups in total. The third-order valence-corrected chi connectivity index (χ3v) is 4.38. The number of hydrogen-bond donors (Lipinski definition) is 1. The van der Waals surface area contributed by atoms with Gasteiger partial charge in [-0.15, -0.1) is 0 Å². The van der Waals surface area contributed by atoms with Crippen molar-refractivity contribution in [1.82, 2.24) is 5.32 Å². The van der Waals surface area contributed by atoms with E-state index in [-0.39, 0.29) is 18.9 Å². The third-order valence-electron chi connectivity index (χ3n) is 2.41. The van der Waals surface area contributed by atoms with Crippen LogP contribution in [-0.4, -0.2) is 50.8 Å². The molecule has 7 nitrogen and oxygen atoms in total. The molecule has 1 fully saturated rings. The standard InChI is InChI=1S/C12H24NO6P/c1-12(2,3)19-11(14)13-6-5-7-20(15,16-4)18-9-10-8-17-10/h10H,5-9H2,1-4H3,(H,13,14)/t10-,20?/m0/s1. The fourth-order valence-corrected chi connectivity index (χ4v) is 2.70. The topological polar surface area (TPSA) is 86.4 Å². The molecule has 1 rings (SSSR count). The largest absolute Gasteiger partial charge is 0.444 e. The minimum Gasteiger partial charge on any atom is -0.444 e. The Kier molecular flexibility index (Phi) is 6.45. The molecule has 8 heteroatoms. The van der Waals surface area contributed by atoms with Crippen molar-refractivity contribution in [2.24, 2.45) is 0 Å². The second-order valence-electron chi connectivity index (χ2n) is 5.55. The summed E-state index contributed by atoms with van der Waals surface area (Å²) in [4.78, 5) is 11.4. The summed E-state index contributed by atoms with van der Waals surface area (Å²) in [5.74, 6) is 0. The van der Waals surface area contributed by atoms with Gasteiger partial charge in [-0.2, -0.15) is 0 Å². The fourth-order valence-electron chi connectivity index (χ4n) is 1.35. The molecule has 1 aliphatic heterocycles. The first-order valence-electron chi connectivity index (χ1n) is 6.62. The van der Waals surface area contributed by atoms with Crippen LogP contribution in [0.25, 0.3) is 0 Å². The van der Waals surface area contributed by atoms with Gasteiger partial charge in [0.05, 0.1) is 19.4 Å². The van der Waals surface area contributed by atoms with Crippen LogP contribution >= 0.6 is 7.60 Å². The van der Waals surface area contributed by atoms with Gasteiger partial charge >= 0.3 is 13.7 Å². The van der Waals surface area contributed by atoms with Crippen LogP contribution in [0.1, 0.15) is 27.2 Å². The molecule has 0 aromatic heterocycles. The van der Waals surface area contributed by atoms with Crippen LogP contribution in [0.4, 0.5) is 4.79 Å². The van der Waals surface area contributed by atoms with Gasteiger partial charge in [-0.25, -0.2) is 4.79 Å². The smallest absolute Gasteiger partial charge is 0.407 e. The zero-order chi connectivity index (χ0) is 15.2. The summed E-state index contributed by atoms with van der Waals surface area (Å²) in [6.45, 7) is 6.65. The van der Waals surface area contributed by atoms with Crippen LogP contribution in [-0.2, 0) is 23.1 Å². The molecule has 1 heterocycles. The average Bonchev–Trinajstić information content (AvgIpc) is 3.14. The quantitative estimate of drug-likeness (QED) is 0.420. The first-order chi connectivity index (χ1) is 9.24. The molecule has 20 heavy (non-hydrogen) atoms. The van der Waals surface area contributed by atoms with Gasteiger partial charge in [-0.3, -0.25) is 4.57 Å². The van der Waals surface area contributed by atoms with Crippen molar-refractivity contribution in [3.63, 3.8) is 0 Å². The lowest BCUT2D eigenvalue weighted by atomic mass is 10.2. The van der Waals surface area contributed by atoms with E-state index in [0.29, 0.717) is 19.6 Å². The minimum atomic E-state index is -3.09. The van der Waals surface area contributed by atoms with Crippen LogP contribution in [0, 0.1) is 0 Å². The van der Waals surface area contributed by atoms with Crippen molar-refractivity contribution in [3.05, 3.63) is 0 Å². The van der Waals surface area contributed by atoms with Crippen molar-refractivity contribution < 1.29 is 27.9 Å². The SMILES string of the molecule is COP(=O)(CCCNC(=O)OC(C)(C)C)OC[C@@H]1CO1. The second-order valence-corrected chi connectivity index (χ2v) is 7.84. The molecule has 0 radical (unpaired) electrons. The van der Waals surface area contributed by atoms with Gasteiger partial charge in [0.15, 0.2) is 0 Å². The molecule has 1 aliphatic rings. The molecule has 0 aliphatic carbocycles. The van der Waals surface area contributed by atoms with Gasteiger partial charge in [0.1, 0.15) is 11.7 Å². The zero-order valence-corrected chi connectivity index (χ0v) is 13.4. The maximum absolute atomic E-state index is 12.1. The van der Waals surface area contributed by atoms with Crippen molar-refractivity contribution in [1.29, 1.82) is 0 Å². The monoisotopic (exact) mass is 309 g/mol. The van der Waals surface area contributed by atoms with Crippen LogP contribution in [0.2, 0.25) is 0 Å². The Balaban J connectivity index is 2.17. The van der Waals surface area contributed by atoms with Crippen LogP contribution in [0.5, 0.6) is 0 Å². The maximum Gasteiger partial charge on any atom is 0.407 e. The summed E-state index contributed by atoms with van der Waals surface area (Å²) < 4.78 is 32.4. The van der Waals surface area contributed by atoms with Gasteiger partial charge in [0, 0.05) is 13.7 Å². The number of carbonyl (C=O) groups is 1. The van der Waals surface area contributed by atoms with Crippen molar-refractivity contribution in [2.75, 3.05) is 33.0 Å². The zero-order valence-electron chi connectivity index (χ0n) is 12.5. The fraction of sp³-hybridized carbons (Fsp3) is 0.917. The molecule has 0 spiro atoms. The normalized spacial score (nSPS) is 21.1. The first kappa shape index (κ1) is 17.4. The molecule has 1 saturated heterocycles. The van der Waals surface area contributed by atoms with E-state index in [0.717, 1.165) is 0 Å². The maximum atomic E-state index is 12.1. The number of rotatable bonds is 8. The summed E-state index contributed by atoms with van der Waals surface area (Å²) in [6, 6.07) is 0. The molecule has 0 aromatic rings. The van der Waals surface area contributed by atoms with E-state index in [4.69, 9.17) is 18.5 Å². The molecule has 118 valence electrons. The van der Waals surface area contributed by atoms with Gasteiger partial charge < -0.3 is 23.8 Å². The summed E-state index contributed by atoms with van der Waals surface area (Å²) in [5, 5.41) is 2.60. The molecule has 1 unspecified atom stereocenters. The van der Waals surface area contributed by atoms with Crippen molar-refractivity contribution >= 4 is 13.7 Å². The lowest BCUT2D eigenvalue weighted by Gasteiger charge is -2.20. The van der Waals surface area contributed by atoms with E-state index in [9.17, 15) is 9.36 Å². The number of nitrogens with one attached hydrogen (secondary N) is 1. The Hall–Kier alpha value is -0.620. The van der Waals surface area contributed by atoms with E-state index in [1.807, 2.05) is 0 Å². The lowest BCUT2D eigenvalue weighted by Crippen LogP contribution is -2.33. The molecule has 2 atom stereocenters. The van der Waals surface area contributed by atoms with E-state index in [2.05, 4.69) is 5.32 Å². The number of ether oxygens (including phenoxy) is 2. The highest BCUT2D eigenvalue weighted by atomic mass is 31.2. The number of alkyl carbamates (subject to hydrolysis) is 1. The molecule has 0 saturated carbocycles. The Labute approximate surface area is 119 Å². The second kappa shape index (κ2) is 7.41. The highest BCUT2D eigenvalue weighted by molar-refractivity contribution is 7.53. The van der Waals surface area contributed by atoms with E-state index >= 15 is 0 Å². The third kappa shape index (κ3) is 7.85. The number of carbonyl (C=O) groups excluding carboxylic acids is 1. The van der Waals surface area contributed by atoms with E-state index in [1.54, 1.807) is 20.8 Å². The van der Waals surface area contributed by atoms with Gasteiger partial charge in [0.25, 0.3) is 0 Å². The van der Waals surface area contributed by atoms with Crippen LogP contribution < -0.4 is 5.32 Å². The average molecular weight is 309 g/mol. The lowest BCUT2D eigenvalue weighted by molar-refractivity contribution is 0.0527. The van der Waals surface area contributed by atoms with Crippen molar-refractivity contribution in [2.45, 2.75) is 38.9 Å². The predicted molar refractivity (Wildman–Crippen MR) is 74.0 cm³/mol. The number of amides is 1. The molecule has 0 aromatic carbocycles.